The number of aromatic hydroxyl groups is 1. The summed E-state index contributed by atoms with van der Waals surface area (Å²) in [6, 6.07) is 15.5. The predicted octanol–water partition coefficient (Wildman–Crippen LogP) is 3.65. The van der Waals surface area contributed by atoms with Crippen LogP contribution < -0.4 is 27.6 Å². The summed E-state index contributed by atoms with van der Waals surface area (Å²) in [6.45, 7) is 0. The number of halogens is 2. The van der Waals surface area contributed by atoms with E-state index in [9.17, 15) is 82.9 Å². The molecule has 0 fully saturated rings. The van der Waals surface area contributed by atoms with Crippen LogP contribution in [0.4, 0.5) is 63.1 Å². The van der Waals surface area contributed by atoms with Gasteiger partial charge in [0.2, 0.25) is 33.7 Å². The van der Waals surface area contributed by atoms with Crippen molar-refractivity contribution in [2.24, 2.45) is 30.4 Å². The van der Waals surface area contributed by atoms with Gasteiger partial charge in [-0.25, -0.2) is 9.98 Å². The number of hydrogen-bond donors (Lipinski definition) is 12. The largest absolute Gasteiger partial charge is 0.505 e. The van der Waals surface area contributed by atoms with Crippen molar-refractivity contribution in [3.63, 3.8) is 0 Å². The molecule has 6 radical (unpaired) electrons. The number of phenolic OH excluding ortho intramolecular Hbond substituents is 1. The maximum Gasteiger partial charge on any atom is 0.296 e. The average Bonchev–Trinajstić information content (AvgIpc) is 1.29. The van der Waals surface area contributed by atoms with Gasteiger partial charge >= 0.3 is 0 Å². The maximum atomic E-state index is 12.8. The van der Waals surface area contributed by atoms with Crippen molar-refractivity contribution < 1.29 is 82.9 Å². The average molecular weight is 1430 g/mol. The zero-order valence-electron chi connectivity index (χ0n) is 45.5. The first kappa shape index (κ1) is 81.7. The SMILES string of the molecule is Nc1c(N=Nc2ccc(N=c3nc(Nc4ccc(S(=O)(=O)O)cc4)nc(Cl)[nH]3)cc2S(=O)(=O)O)c(S(=O)(=O)O)cc2cc(S(=O)(=O)O)c(N=Nc3ccc(N=c4nc(Nc5ccc(S(=O)(=O)O)cc5)nc(Cl)[nH]4)cc3S(=O)(=O)O)c(O)c12.[Na].[Na].[Na].[Na].[Na].[Na]. The van der Waals surface area contributed by atoms with Crippen LogP contribution in [0.2, 0.25) is 10.6 Å². The van der Waals surface area contributed by atoms with Crippen LogP contribution in [0.15, 0.2) is 157 Å². The number of nitrogens with two attached hydrogens (primary N) is 1. The fraction of sp³-hybridized carbons (Fsp3) is 0. The second-order valence-electron chi connectivity index (χ2n) is 16.0. The molecule has 0 bridgehead atoms. The first-order chi connectivity index (χ1) is 38.0. The van der Waals surface area contributed by atoms with Gasteiger partial charge in [-0.15, -0.1) is 20.5 Å². The number of anilines is 5. The van der Waals surface area contributed by atoms with Gasteiger partial charge in [0.05, 0.1) is 32.2 Å². The van der Waals surface area contributed by atoms with E-state index in [1.54, 1.807) is 0 Å². The molecule has 0 saturated carbocycles. The van der Waals surface area contributed by atoms with Gasteiger partial charge in [0, 0.05) is 189 Å². The van der Waals surface area contributed by atoms with Crippen molar-refractivity contribution in [3.05, 3.63) is 119 Å². The van der Waals surface area contributed by atoms with Gasteiger partial charge in [-0.3, -0.25) is 37.3 Å². The fourth-order valence-corrected chi connectivity index (χ4v) is 10.8. The molecular formula is C40H29Cl2N15Na6O19S6. The Bertz CT molecular complexity index is 4650. The molecule has 0 atom stereocenters. The number of H-pyrrole nitrogens is 2. The third-order valence-electron chi connectivity index (χ3n) is 10.4. The molecule has 88 heavy (non-hydrogen) atoms. The monoisotopic (exact) mass is 1420 g/mol. The van der Waals surface area contributed by atoms with Crippen LogP contribution in [0.5, 0.6) is 5.75 Å². The Morgan fingerprint density at radius 2 is 0.773 bits per heavy atom. The molecule has 8 rings (SSSR count). The Labute approximate surface area is 639 Å². The maximum absolute atomic E-state index is 12.8. The van der Waals surface area contributed by atoms with Gasteiger partial charge < -0.3 is 21.5 Å². The Balaban J connectivity index is 0.00000440. The first-order valence-corrected chi connectivity index (χ1v) is 30.6. The Morgan fingerprint density at radius 1 is 0.432 bits per heavy atom. The summed E-state index contributed by atoms with van der Waals surface area (Å²) in [5, 5.41) is 29.6. The van der Waals surface area contributed by atoms with Crippen LogP contribution in [0.1, 0.15) is 0 Å². The summed E-state index contributed by atoms with van der Waals surface area (Å²) >= 11 is 12.2. The van der Waals surface area contributed by atoms with Gasteiger partial charge in [0.15, 0.2) is 5.75 Å². The number of nitrogens with one attached hydrogen (secondary N) is 4. The van der Waals surface area contributed by atoms with Crippen molar-refractivity contribution in [2.75, 3.05) is 16.4 Å². The van der Waals surface area contributed by atoms with E-state index >= 15 is 0 Å². The summed E-state index contributed by atoms with van der Waals surface area (Å²) in [4.78, 5) is 23.5. The van der Waals surface area contributed by atoms with Crippen molar-refractivity contribution in [2.45, 2.75) is 29.4 Å². The Hall–Kier alpha value is -2.36. The Morgan fingerprint density at radius 3 is 1.11 bits per heavy atom. The van der Waals surface area contributed by atoms with Gasteiger partial charge in [0.1, 0.15) is 42.3 Å². The topological polar surface area (TPSA) is 554 Å². The van der Waals surface area contributed by atoms with Gasteiger partial charge in [-0.1, -0.05) is 0 Å². The molecule has 0 saturated heterocycles. The zero-order valence-corrected chi connectivity index (χ0v) is 63.9. The number of phenols is 1. The van der Waals surface area contributed by atoms with E-state index in [1.807, 2.05) is 0 Å². The molecule has 0 amide bonds. The predicted molar refractivity (Wildman–Crippen MR) is 317 cm³/mol. The minimum Gasteiger partial charge on any atom is -0.505 e. The molecule has 434 valence electrons. The molecule has 6 aromatic carbocycles. The number of fused-ring (bicyclic) bond motifs is 1. The fourth-order valence-electron chi connectivity index (χ4n) is 6.91. The molecule has 13 N–H and O–H groups in total. The zero-order chi connectivity index (χ0) is 60.1. The number of hydrogen-bond acceptors (Lipinski definition) is 26. The van der Waals surface area contributed by atoms with Crippen molar-refractivity contribution in [1.29, 1.82) is 0 Å². The first-order valence-electron chi connectivity index (χ1n) is 21.2. The molecule has 2 aromatic heterocycles. The summed E-state index contributed by atoms with van der Waals surface area (Å²) in [5.41, 5.74) is 0.592. The van der Waals surface area contributed by atoms with Gasteiger partial charge in [-0.05, 0) is 126 Å². The molecule has 0 unspecified atom stereocenters. The van der Waals surface area contributed by atoms with Crippen molar-refractivity contribution >= 4 is 335 Å². The van der Waals surface area contributed by atoms with E-state index in [-0.39, 0.29) is 234 Å². The summed E-state index contributed by atoms with van der Waals surface area (Å²) in [5.74, 6) is -1.83. The minimum atomic E-state index is -5.54. The summed E-state index contributed by atoms with van der Waals surface area (Å²) in [7, 11) is -30.7. The second kappa shape index (κ2) is 32.2. The third kappa shape index (κ3) is 20.8. The quantitative estimate of drug-likeness (QED) is 0.0284. The number of nitrogens with zero attached hydrogens (tertiary/aromatic N) is 10. The van der Waals surface area contributed by atoms with Crippen LogP contribution in [0.3, 0.4) is 0 Å². The number of rotatable bonds is 16. The second-order valence-corrected chi connectivity index (χ2v) is 25.1. The van der Waals surface area contributed by atoms with Gasteiger partial charge in [0.25, 0.3) is 60.7 Å². The summed E-state index contributed by atoms with van der Waals surface area (Å²) in [6.07, 6.45) is 0. The van der Waals surface area contributed by atoms with E-state index < -0.39 is 135 Å². The van der Waals surface area contributed by atoms with Crippen LogP contribution >= 0.6 is 23.2 Å². The molecule has 0 aliphatic carbocycles. The van der Waals surface area contributed by atoms with Crippen molar-refractivity contribution in [1.82, 2.24) is 29.9 Å². The molecule has 8 aromatic rings. The van der Waals surface area contributed by atoms with E-state index in [2.05, 4.69) is 71.0 Å². The Kier molecular flexibility index (Phi) is 29.9. The molecule has 2 heterocycles. The smallest absolute Gasteiger partial charge is 0.296 e. The number of nitrogen functional groups attached to an aromatic ring is 1. The number of aromatic amines is 2. The molecule has 0 spiro atoms. The molecule has 0 aliphatic heterocycles. The van der Waals surface area contributed by atoms with Crippen molar-refractivity contribution in [3.8, 4) is 5.75 Å². The third-order valence-corrected chi connectivity index (χ3v) is 16.0. The van der Waals surface area contributed by atoms with Crippen LogP contribution in [-0.2, 0) is 60.7 Å². The van der Waals surface area contributed by atoms with Crippen LogP contribution in [0, 0.1) is 0 Å². The number of azo groups is 2. The molecule has 48 heteroatoms. The van der Waals surface area contributed by atoms with Gasteiger partial charge in [-0.2, -0.15) is 70.4 Å². The van der Waals surface area contributed by atoms with E-state index in [0.717, 1.165) is 54.6 Å². The molecule has 34 nitrogen and oxygen atoms in total. The number of benzene rings is 6. The molecule has 0 aliphatic rings. The van der Waals surface area contributed by atoms with E-state index in [0.29, 0.717) is 18.2 Å². The summed E-state index contributed by atoms with van der Waals surface area (Å²) < 4.78 is 207. The molecular weight excluding hydrogens is 1400 g/mol. The minimum absolute atomic E-state index is 0. The van der Waals surface area contributed by atoms with E-state index in [4.69, 9.17) is 28.9 Å². The van der Waals surface area contributed by atoms with E-state index in [1.165, 1.54) is 24.3 Å². The van der Waals surface area contributed by atoms with Crippen LogP contribution in [0.25, 0.3) is 10.8 Å². The standard InChI is InChI=1S/C40H29Cl2N15O19S6.6Na/c41-35-48-37(44-18-1-7-22(8-2-18)77(59,60)61)52-39(50-35)46-20-5-11-24(26(15-20)79(65,66)67)54-56-32-28(81(71,72)73)13-17-14-29(82(74,75)76)33(34(58)30(17)31(32)43)57-55-25-12-6-21(16-27(25)80(68,69)70)47-40-51-36(42)49-38(53-40)45-19-3-9-23(10-4-19)78(62,63)64;;;;;;/h1-16,58H,43H2,(H,59,60,61)(H,62,63,64)(H,65,66,67)(H,68,69,70)(H,71,72,73)(H,74,75,76)(H2,44,46,48,50,52)(H2,45,47,49,51,53);;;;;;. The normalized spacial score (nSPS) is 12.5. The number of aromatic nitrogens is 6. The van der Waals surface area contributed by atoms with Crippen LogP contribution in [-0.4, -0.2) is 290 Å².